The summed E-state index contributed by atoms with van der Waals surface area (Å²) in [5.41, 5.74) is 6.96. The molecule has 50 valence electrons. The summed E-state index contributed by atoms with van der Waals surface area (Å²) < 4.78 is 0. The van der Waals surface area contributed by atoms with Gasteiger partial charge in [-0.05, 0) is 11.6 Å². The zero-order valence-corrected chi connectivity index (χ0v) is 6.23. The zero-order chi connectivity index (χ0) is 7.56. The molecule has 0 saturated heterocycles. The van der Waals surface area contributed by atoms with Crippen molar-refractivity contribution in [2.45, 2.75) is 6.54 Å². The third kappa shape index (κ3) is 1.52. The molecule has 0 heterocycles. The first-order chi connectivity index (χ1) is 4.74. The van der Waals surface area contributed by atoms with Crippen LogP contribution in [0.25, 0.3) is 0 Å². The fourth-order valence-electron chi connectivity index (χ4n) is 0.698. The van der Waals surface area contributed by atoms with Crippen LogP contribution in [0.1, 0.15) is 5.56 Å². The lowest BCUT2D eigenvalue weighted by Crippen LogP contribution is -2.05. The van der Waals surface area contributed by atoms with E-state index < -0.39 is 0 Å². The number of hydrogen-bond donors (Lipinski definition) is 1. The van der Waals surface area contributed by atoms with E-state index in [-0.39, 0.29) is 0 Å². The van der Waals surface area contributed by atoms with Crippen LogP contribution in [0.3, 0.4) is 0 Å². The standard InChI is InChI=1S/C7H7BClN/c8-6-2-1-5(4-10)3-7(6)9/h1-3H,4,10H2. The van der Waals surface area contributed by atoms with Crippen LogP contribution in [0.15, 0.2) is 18.2 Å². The van der Waals surface area contributed by atoms with Crippen molar-refractivity contribution in [3.8, 4) is 0 Å². The van der Waals surface area contributed by atoms with Gasteiger partial charge in [-0.2, -0.15) is 0 Å². The Balaban J connectivity index is 3.04. The molecule has 2 N–H and O–H groups in total. The van der Waals surface area contributed by atoms with Crippen LogP contribution in [0.4, 0.5) is 0 Å². The molecule has 0 aliphatic rings. The van der Waals surface area contributed by atoms with Crippen molar-refractivity contribution < 1.29 is 0 Å². The number of nitrogens with two attached hydrogens (primary N) is 1. The molecule has 2 radical (unpaired) electrons. The van der Waals surface area contributed by atoms with Gasteiger partial charge in [-0.3, -0.25) is 0 Å². The smallest absolute Gasteiger partial charge is 0.115 e. The van der Waals surface area contributed by atoms with Gasteiger partial charge in [-0.25, -0.2) is 0 Å². The van der Waals surface area contributed by atoms with E-state index in [2.05, 4.69) is 0 Å². The van der Waals surface area contributed by atoms with Crippen molar-refractivity contribution in [2.24, 2.45) is 5.73 Å². The van der Waals surface area contributed by atoms with E-state index in [0.717, 1.165) is 5.56 Å². The summed E-state index contributed by atoms with van der Waals surface area (Å²) in [5, 5.41) is 0.572. The van der Waals surface area contributed by atoms with E-state index in [0.29, 0.717) is 17.0 Å². The maximum atomic E-state index is 5.71. The van der Waals surface area contributed by atoms with Crippen LogP contribution in [-0.2, 0) is 6.54 Å². The molecule has 1 aromatic carbocycles. The first-order valence-electron chi connectivity index (χ1n) is 2.98. The lowest BCUT2D eigenvalue weighted by Gasteiger charge is -1.99. The van der Waals surface area contributed by atoms with Crippen LogP contribution in [0, 0.1) is 0 Å². The van der Waals surface area contributed by atoms with Crippen molar-refractivity contribution in [2.75, 3.05) is 0 Å². The Kier molecular flexibility index (Phi) is 2.36. The zero-order valence-electron chi connectivity index (χ0n) is 5.47. The first-order valence-corrected chi connectivity index (χ1v) is 3.36. The maximum Gasteiger partial charge on any atom is 0.115 e. The van der Waals surface area contributed by atoms with Crippen LogP contribution in [-0.4, -0.2) is 7.85 Å². The molecular formula is C7H7BClN. The molecule has 0 aliphatic heterocycles. The highest BCUT2D eigenvalue weighted by atomic mass is 35.5. The average Bonchev–Trinajstić information content (AvgIpc) is 1.95. The molecule has 1 rings (SSSR count). The highest BCUT2D eigenvalue weighted by Gasteiger charge is 1.93. The molecule has 10 heavy (non-hydrogen) atoms. The quantitative estimate of drug-likeness (QED) is 0.584. The topological polar surface area (TPSA) is 26.0 Å². The molecule has 0 aliphatic carbocycles. The average molecular weight is 151 g/mol. The SMILES string of the molecule is [B]c1ccc(CN)cc1Cl. The summed E-state index contributed by atoms with van der Waals surface area (Å²) in [6.45, 7) is 0.500. The third-order valence-corrected chi connectivity index (χ3v) is 1.63. The van der Waals surface area contributed by atoms with Gasteiger partial charge in [0.05, 0.1) is 0 Å². The van der Waals surface area contributed by atoms with Crippen LogP contribution in [0.5, 0.6) is 0 Å². The van der Waals surface area contributed by atoms with Crippen LogP contribution < -0.4 is 11.2 Å². The summed E-state index contributed by atoms with van der Waals surface area (Å²) >= 11 is 5.71. The van der Waals surface area contributed by atoms with Gasteiger partial charge in [0.1, 0.15) is 7.85 Å². The van der Waals surface area contributed by atoms with Crippen molar-refractivity contribution in [1.29, 1.82) is 0 Å². The third-order valence-electron chi connectivity index (χ3n) is 1.30. The van der Waals surface area contributed by atoms with Crippen molar-refractivity contribution in [1.82, 2.24) is 0 Å². The summed E-state index contributed by atoms with van der Waals surface area (Å²) in [4.78, 5) is 0. The molecule has 0 aromatic heterocycles. The Morgan fingerprint density at radius 3 is 2.70 bits per heavy atom. The summed E-state index contributed by atoms with van der Waals surface area (Å²) in [7, 11) is 5.47. The fourth-order valence-corrected chi connectivity index (χ4v) is 0.901. The lowest BCUT2D eigenvalue weighted by atomic mass is 9.95. The van der Waals surface area contributed by atoms with Gasteiger partial charge >= 0.3 is 0 Å². The first kappa shape index (κ1) is 7.64. The molecular weight excluding hydrogens is 144 g/mol. The lowest BCUT2D eigenvalue weighted by molar-refractivity contribution is 1.07. The van der Waals surface area contributed by atoms with Crippen molar-refractivity contribution in [3.05, 3.63) is 28.8 Å². The van der Waals surface area contributed by atoms with E-state index >= 15 is 0 Å². The minimum atomic E-state index is 0.500. The highest BCUT2D eigenvalue weighted by Crippen LogP contribution is 2.06. The number of benzene rings is 1. The second-order valence-electron chi connectivity index (χ2n) is 2.06. The maximum absolute atomic E-state index is 5.71. The molecule has 0 bridgehead atoms. The minimum Gasteiger partial charge on any atom is -0.326 e. The van der Waals surface area contributed by atoms with Gasteiger partial charge in [-0.15, -0.1) is 0 Å². The molecule has 0 spiro atoms. The Morgan fingerprint density at radius 1 is 1.50 bits per heavy atom. The highest BCUT2D eigenvalue weighted by molar-refractivity contribution is 6.45. The second kappa shape index (κ2) is 3.08. The Labute approximate surface area is 66.6 Å². The van der Waals surface area contributed by atoms with E-state index in [9.17, 15) is 0 Å². The minimum absolute atomic E-state index is 0.500. The fraction of sp³-hybridized carbons (Fsp3) is 0.143. The largest absolute Gasteiger partial charge is 0.326 e. The summed E-state index contributed by atoms with van der Waals surface area (Å²) in [6, 6.07) is 5.39. The molecule has 3 heteroatoms. The van der Waals surface area contributed by atoms with E-state index in [1.807, 2.05) is 6.07 Å². The van der Waals surface area contributed by atoms with Gasteiger partial charge in [0.25, 0.3) is 0 Å². The van der Waals surface area contributed by atoms with Gasteiger partial charge in [-0.1, -0.05) is 29.2 Å². The molecule has 0 fully saturated rings. The Hall–Kier alpha value is -0.465. The van der Waals surface area contributed by atoms with Gasteiger partial charge < -0.3 is 5.73 Å². The monoisotopic (exact) mass is 151 g/mol. The molecule has 1 nitrogen and oxygen atoms in total. The molecule has 0 unspecified atom stereocenters. The van der Waals surface area contributed by atoms with E-state index in [4.69, 9.17) is 25.2 Å². The van der Waals surface area contributed by atoms with Crippen molar-refractivity contribution >= 4 is 24.9 Å². The van der Waals surface area contributed by atoms with Crippen LogP contribution >= 0.6 is 11.6 Å². The van der Waals surface area contributed by atoms with E-state index in [1.54, 1.807) is 12.1 Å². The summed E-state index contributed by atoms with van der Waals surface area (Å²) in [5.74, 6) is 0. The van der Waals surface area contributed by atoms with Gasteiger partial charge in [0, 0.05) is 11.6 Å². The number of hydrogen-bond acceptors (Lipinski definition) is 1. The Morgan fingerprint density at radius 2 is 2.20 bits per heavy atom. The van der Waals surface area contributed by atoms with Gasteiger partial charge in [0.2, 0.25) is 0 Å². The molecule has 0 saturated carbocycles. The Bertz CT molecular complexity index is 237. The van der Waals surface area contributed by atoms with Crippen LogP contribution in [0.2, 0.25) is 5.02 Å². The van der Waals surface area contributed by atoms with Gasteiger partial charge in [0.15, 0.2) is 0 Å². The molecule has 1 aromatic rings. The molecule has 0 atom stereocenters. The predicted molar refractivity (Wildman–Crippen MR) is 44.7 cm³/mol. The predicted octanol–water partition coefficient (Wildman–Crippen LogP) is 0.592. The van der Waals surface area contributed by atoms with Crippen molar-refractivity contribution in [3.63, 3.8) is 0 Å². The molecule has 0 amide bonds. The number of halogens is 1. The second-order valence-corrected chi connectivity index (χ2v) is 2.47. The normalized spacial score (nSPS) is 9.80. The van der Waals surface area contributed by atoms with E-state index in [1.165, 1.54) is 0 Å². The summed E-state index contributed by atoms with van der Waals surface area (Å²) in [6.07, 6.45) is 0. The number of rotatable bonds is 1.